The predicted octanol–water partition coefficient (Wildman–Crippen LogP) is 4.73. The smallest absolute Gasteiger partial charge is 0.336 e. The molecule has 14 nitrogen and oxygen atoms in total. The Balaban J connectivity index is 1.42. The number of para-hydroxylation sites is 1. The van der Waals surface area contributed by atoms with Gasteiger partial charge in [-0.1, -0.05) is 6.07 Å². The topological polar surface area (TPSA) is 196 Å². The summed E-state index contributed by atoms with van der Waals surface area (Å²) in [5.74, 6) is -2.32. The van der Waals surface area contributed by atoms with Gasteiger partial charge >= 0.3 is 11.7 Å². The first kappa shape index (κ1) is 28.6. The van der Waals surface area contributed by atoms with Crippen LogP contribution in [0.4, 0.5) is 17.1 Å². The van der Waals surface area contributed by atoms with Crippen molar-refractivity contribution in [2.75, 3.05) is 5.32 Å². The van der Waals surface area contributed by atoms with E-state index < -0.39 is 39.1 Å². The molecule has 3 aromatic carbocycles. The summed E-state index contributed by atoms with van der Waals surface area (Å²) in [6, 6.07) is 18.2. The summed E-state index contributed by atoms with van der Waals surface area (Å²) in [7, 11) is 0. The fraction of sp³-hybridized carbons (Fsp3) is 0. The van der Waals surface area contributed by atoms with Crippen molar-refractivity contribution in [2.45, 2.75) is 0 Å². The predicted molar refractivity (Wildman–Crippen MR) is 149 cm³/mol. The van der Waals surface area contributed by atoms with E-state index in [0.717, 1.165) is 18.4 Å². The summed E-state index contributed by atoms with van der Waals surface area (Å²) >= 11 is 0. The van der Waals surface area contributed by atoms with Gasteiger partial charge in [0.25, 0.3) is 17.5 Å². The van der Waals surface area contributed by atoms with E-state index in [0.29, 0.717) is 11.3 Å². The maximum absolute atomic E-state index is 12.5. The zero-order valence-electron chi connectivity index (χ0n) is 21.3. The number of hydrazone groups is 1. The van der Waals surface area contributed by atoms with Gasteiger partial charge < -0.3 is 14.5 Å². The van der Waals surface area contributed by atoms with Crippen LogP contribution in [-0.2, 0) is 4.79 Å². The highest BCUT2D eigenvalue weighted by Crippen LogP contribution is 2.30. The summed E-state index contributed by atoms with van der Waals surface area (Å²) in [6.45, 7) is 0. The van der Waals surface area contributed by atoms with E-state index in [1.165, 1.54) is 79.1 Å². The normalized spacial score (nSPS) is 10.9. The Hall–Kier alpha value is -6.44. The highest BCUT2D eigenvalue weighted by Gasteiger charge is 2.21. The van der Waals surface area contributed by atoms with E-state index in [-0.39, 0.29) is 22.6 Å². The molecule has 0 spiro atoms. The van der Waals surface area contributed by atoms with Gasteiger partial charge in [-0.05, 0) is 66.2 Å². The van der Waals surface area contributed by atoms with E-state index in [9.17, 15) is 34.6 Å². The molecular weight excluding hydrogens is 550 g/mol. The molecule has 2 amide bonds. The van der Waals surface area contributed by atoms with Gasteiger partial charge in [-0.3, -0.25) is 29.8 Å². The number of rotatable bonds is 10. The fourth-order valence-electron chi connectivity index (χ4n) is 3.44. The third kappa shape index (κ3) is 7.35. The van der Waals surface area contributed by atoms with Crippen LogP contribution in [0.2, 0.25) is 0 Å². The van der Waals surface area contributed by atoms with Gasteiger partial charge in [0.15, 0.2) is 5.76 Å². The minimum Gasteiger partial charge on any atom is -0.459 e. The lowest BCUT2D eigenvalue weighted by Crippen LogP contribution is -2.18. The number of hydrogen-bond donors (Lipinski definition) is 2. The Labute approximate surface area is 236 Å². The van der Waals surface area contributed by atoms with Crippen molar-refractivity contribution in [3.8, 4) is 5.75 Å². The molecule has 0 saturated carbocycles. The number of anilines is 1. The summed E-state index contributed by atoms with van der Waals surface area (Å²) in [5, 5.41) is 28.7. The number of nitro benzene ring substituents is 2. The van der Waals surface area contributed by atoms with E-state index in [1.54, 1.807) is 6.07 Å². The van der Waals surface area contributed by atoms with Gasteiger partial charge in [0.1, 0.15) is 0 Å². The lowest BCUT2D eigenvalue weighted by Gasteiger charge is -2.07. The second-order valence-corrected chi connectivity index (χ2v) is 8.26. The molecule has 0 aliphatic carbocycles. The second kappa shape index (κ2) is 13.1. The number of carbonyl (C=O) groups excluding carboxylic acids is 3. The Morgan fingerprint density at radius 3 is 2.24 bits per heavy atom. The Bertz CT molecular complexity index is 1690. The maximum Gasteiger partial charge on any atom is 0.336 e. The van der Waals surface area contributed by atoms with Crippen molar-refractivity contribution in [3.05, 3.63) is 134 Å². The summed E-state index contributed by atoms with van der Waals surface area (Å²) in [6.07, 6.45) is 4.76. The van der Waals surface area contributed by atoms with Crippen molar-refractivity contribution in [3.63, 3.8) is 0 Å². The summed E-state index contributed by atoms with van der Waals surface area (Å²) < 4.78 is 10.2. The number of esters is 1. The van der Waals surface area contributed by atoms with Gasteiger partial charge in [0.05, 0.1) is 22.3 Å². The molecule has 0 saturated heterocycles. The van der Waals surface area contributed by atoms with Crippen LogP contribution in [0.15, 0.2) is 101 Å². The van der Waals surface area contributed by atoms with E-state index in [4.69, 9.17) is 9.15 Å². The number of non-ortho nitro benzene ring substituents is 1. The molecule has 0 aliphatic heterocycles. The van der Waals surface area contributed by atoms with Crippen LogP contribution in [0.3, 0.4) is 0 Å². The molecule has 14 heteroatoms. The third-order valence-electron chi connectivity index (χ3n) is 5.46. The number of amides is 2. The SMILES string of the molecule is O=C(/C=C/c1ccc([N+](=O)[O-])cc1)Oc1c(/C=N/NC(=O)c2ccc(NC(=O)c3ccco3)cc2)cccc1[N+](=O)[O-]. The van der Waals surface area contributed by atoms with Gasteiger partial charge in [-0.2, -0.15) is 5.10 Å². The number of nitro groups is 2. The molecule has 0 fully saturated rings. The first-order valence-corrected chi connectivity index (χ1v) is 11.9. The number of nitrogens with zero attached hydrogens (tertiary/aromatic N) is 3. The Morgan fingerprint density at radius 1 is 0.857 bits per heavy atom. The van der Waals surface area contributed by atoms with Crippen LogP contribution in [0.25, 0.3) is 6.08 Å². The molecule has 4 rings (SSSR count). The molecule has 0 atom stereocenters. The zero-order valence-corrected chi connectivity index (χ0v) is 21.3. The monoisotopic (exact) mass is 569 g/mol. The number of carbonyl (C=O) groups is 3. The minimum atomic E-state index is -0.958. The molecular formula is C28H19N5O9. The maximum atomic E-state index is 12.5. The standard InChI is InChI=1S/C28H19N5O9/c34-25(15-8-18-6-13-22(14-7-18)32(37)38)42-26-20(3-1-4-23(26)33(39)40)17-29-31-27(35)19-9-11-21(12-10-19)30-28(36)24-5-2-16-41-24/h1-17H,(H,30,36)(H,31,35)/b15-8+,29-17+. The number of furan rings is 1. The molecule has 4 aromatic rings. The molecule has 210 valence electrons. The van der Waals surface area contributed by atoms with E-state index >= 15 is 0 Å². The zero-order chi connectivity index (χ0) is 30.1. The number of hydrogen-bond acceptors (Lipinski definition) is 10. The molecule has 0 radical (unpaired) electrons. The van der Waals surface area contributed by atoms with Crippen LogP contribution < -0.4 is 15.5 Å². The molecule has 0 unspecified atom stereocenters. The van der Waals surface area contributed by atoms with Gasteiger partial charge in [-0.25, -0.2) is 10.2 Å². The first-order chi connectivity index (χ1) is 20.2. The Kier molecular flexibility index (Phi) is 8.89. The van der Waals surface area contributed by atoms with Crippen molar-refractivity contribution >= 4 is 47.1 Å². The second-order valence-electron chi connectivity index (χ2n) is 8.26. The van der Waals surface area contributed by atoms with Crippen molar-refractivity contribution in [1.82, 2.24) is 5.43 Å². The van der Waals surface area contributed by atoms with Crippen LogP contribution in [-0.4, -0.2) is 33.8 Å². The lowest BCUT2D eigenvalue weighted by atomic mass is 10.2. The first-order valence-electron chi connectivity index (χ1n) is 11.9. The van der Waals surface area contributed by atoms with Crippen molar-refractivity contribution in [1.29, 1.82) is 0 Å². The third-order valence-corrected chi connectivity index (χ3v) is 5.46. The van der Waals surface area contributed by atoms with Crippen LogP contribution in [0.5, 0.6) is 5.75 Å². The molecule has 1 heterocycles. The molecule has 42 heavy (non-hydrogen) atoms. The van der Waals surface area contributed by atoms with E-state index in [2.05, 4.69) is 15.8 Å². The highest BCUT2D eigenvalue weighted by molar-refractivity contribution is 6.02. The quantitative estimate of drug-likeness (QED) is 0.0677. The number of nitrogens with one attached hydrogen (secondary N) is 2. The van der Waals surface area contributed by atoms with Crippen molar-refractivity contribution in [2.24, 2.45) is 5.10 Å². The highest BCUT2D eigenvalue weighted by atomic mass is 16.6. The average molecular weight is 569 g/mol. The van der Waals surface area contributed by atoms with Crippen molar-refractivity contribution < 1.29 is 33.4 Å². The minimum absolute atomic E-state index is 0.0255. The van der Waals surface area contributed by atoms with Crippen LogP contribution >= 0.6 is 0 Å². The molecule has 2 N–H and O–H groups in total. The number of ether oxygens (including phenoxy) is 1. The van der Waals surface area contributed by atoms with Gasteiger partial charge in [0.2, 0.25) is 5.75 Å². The largest absolute Gasteiger partial charge is 0.459 e. The van der Waals surface area contributed by atoms with Crippen LogP contribution in [0, 0.1) is 20.2 Å². The van der Waals surface area contributed by atoms with Crippen LogP contribution in [0.1, 0.15) is 32.0 Å². The summed E-state index contributed by atoms with van der Waals surface area (Å²) in [4.78, 5) is 58.0. The van der Waals surface area contributed by atoms with Gasteiger partial charge in [-0.15, -0.1) is 0 Å². The molecule has 1 aromatic heterocycles. The molecule has 0 bridgehead atoms. The molecule has 0 aliphatic rings. The lowest BCUT2D eigenvalue weighted by molar-refractivity contribution is -0.385. The van der Waals surface area contributed by atoms with Gasteiger partial charge in [0, 0.05) is 41.1 Å². The average Bonchev–Trinajstić information content (AvgIpc) is 3.53. The number of benzene rings is 3. The summed E-state index contributed by atoms with van der Waals surface area (Å²) in [5.41, 5.74) is 2.73. The van der Waals surface area contributed by atoms with E-state index in [1.807, 2.05) is 0 Å². The fourth-order valence-corrected chi connectivity index (χ4v) is 3.44. The Morgan fingerprint density at radius 2 is 1.60 bits per heavy atom.